The van der Waals surface area contributed by atoms with Gasteiger partial charge in [0.1, 0.15) is 0 Å². The van der Waals surface area contributed by atoms with Crippen LogP contribution in [0.15, 0.2) is 24.3 Å². The van der Waals surface area contributed by atoms with E-state index in [1.165, 1.54) is 5.56 Å². The molecular weight excluding hydrogens is 193 g/mol. The van der Waals surface area contributed by atoms with Crippen molar-refractivity contribution < 1.29 is 0 Å². The molecule has 0 bridgehead atoms. The van der Waals surface area contributed by atoms with Crippen LogP contribution < -0.4 is 5.73 Å². The van der Waals surface area contributed by atoms with Gasteiger partial charge in [-0.2, -0.15) is 0 Å². The van der Waals surface area contributed by atoms with Gasteiger partial charge in [0.05, 0.1) is 0 Å². The van der Waals surface area contributed by atoms with Gasteiger partial charge in [-0.1, -0.05) is 23.7 Å². The Morgan fingerprint density at radius 1 is 1.42 bits per heavy atom. The first-order valence-corrected chi connectivity index (χ1v) is 4.16. The number of hydrogen-bond donors (Lipinski definition) is 1. The summed E-state index contributed by atoms with van der Waals surface area (Å²) >= 11 is 5.82. The van der Waals surface area contributed by atoms with Crippen molar-refractivity contribution in [2.45, 2.75) is 18.4 Å². The highest BCUT2D eigenvalue weighted by Gasteiger charge is 2.34. The summed E-state index contributed by atoms with van der Waals surface area (Å²) in [5, 5.41) is 0.807. The number of nitrogens with two attached hydrogens (primary N) is 1. The van der Waals surface area contributed by atoms with Crippen molar-refractivity contribution in [1.29, 1.82) is 0 Å². The Morgan fingerprint density at radius 3 is 2.58 bits per heavy atom. The summed E-state index contributed by atoms with van der Waals surface area (Å²) < 4.78 is 0. The third kappa shape index (κ3) is 1.92. The van der Waals surface area contributed by atoms with E-state index in [-0.39, 0.29) is 12.4 Å². The molecule has 2 atom stereocenters. The summed E-state index contributed by atoms with van der Waals surface area (Å²) in [5.41, 5.74) is 6.99. The Morgan fingerprint density at radius 2 is 2.08 bits per heavy atom. The number of rotatable bonds is 1. The second-order valence-corrected chi connectivity index (χ2v) is 3.50. The summed E-state index contributed by atoms with van der Waals surface area (Å²) in [6.45, 7) is 0. The van der Waals surface area contributed by atoms with Gasteiger partial charge in [-0.3, -0.25) is 0 Å². The molecule has 0 amide bonds. The summed E-state index contributed by atoms with van der Waals surface area (Å²) in [6.07, 6.45) is 1.11. The minimum Gasteiger partial charge on any atom is -0.327 e. The van der Waals surface area contributed by atoms with Crippen LogP contribution in [0.5, 0.6) is 0 Å². The zero-order valence-electron chi connectivity index (χ0n) is 6.53. The summed E-state index contributed by atoms with van der Waals surface area (Å²) in [4.78, 5) is 0. The lowest BCUT2D eigenvalue weighted by Gasteiger charge is -1.97. The van der Waals surface area contributed by atoms with Gasteiger partial charge in [-0.05, 0) is 24.1 Å². The molecule has 66 valence electrons. The molecule has 1 aliphatic carbocycles. The topological polar surface area (TPSA) is 26.0 Å². The highest BCUT2D eigenvalue weighted by molar-refractivity contribution is 6.30. The molecule has 1 aromatic rings. The summed E-state index contributed by atoms with van der Waals surface area (Å²) in [6, 6.07) is 8.32. The molecule has 2 N–H and O–H groups in total. The van der Waals surface area contributed by atoms with Crippen LogP contribution in [-0.2, 0) is 0 Å². The van der Waals surface area contributed by atoms with Crippen LogP contribution in [0.25, 0.3) is 0 Å². The fourth-order valence-corrected chi connectivity index (χ4v) is 1.53. The minimum absolute atomic E-state index is 0. The van der Waals surface area contributed by atoms with E-state index in [0.717, 1.165) is 11.4 Å². The van der Waals surface area contributed by atoms with Crippen LogP contribution in [0.4, 0.5) is 0 Å². The molecule has 3 heteroatoms. The van der Waals surface area contributed by atoms with Crippen molar-refractivity contribution in [2.75, 3.05) is 0 Å². The van der Waals surface area contributed by atoms with E-state index in [4.69, 9.17) is 17.3 Å². The molecule has 2 rings (SSSR count). The first-order valence-electron chi connectivity index (χ1n) is 3.78. The zero-order chi connectivity index (χ0) is 7.84. The zero-order valence-corrected chi connectivity index (χ0v) is 8.11. The molecule has 1 nitrogen and oxygen atoms in total. The van der Waals surface area contributed by atoms with Crippen LogP contribution >= 0.6 is 24.0 Å². The smallest absolute Gasteiger partial charge is 0.0408 e. The van der Waals surface area contributed by atoms with Gasteiger partial charge in [0.15, 0.2) is 0 Å². The molecule has 0 saturated heterocycles. The van der Waals surface area contributed by atoms with E-state index in [1.54, 1.807) is 0 Å². The first-order chi connectivity index (χ1) is 5.27. The highest BCUT2D eigenvalue weighted by Crippen LogP contribution is 2.39. The number of benzene rings is 1. The largest absolute Gasteiger partial charge is 0.327 e. The van der Waals surface area contributed by atoms with Gasteiger partial charge >= 0.3 is 0 Å². The lowest BCUT2D eigenvalue weighted by atomic mass is 10.1. The summed E-state index contributed by atoms with van der Waals surface area (Å²) in [7, 11) is 0. The molecule has 0 aliphatic heterocycles. The second-order valence-electron chi connectivity index (χ2n) is 3.06. The van der Waals surface area contributed by atoms with Crippen LogP contribution in [0.1, 0.15) is 17.9 Å². The van der Waals surface area contributed by atoms with Crippen molar-refractivity contribution in [3.63, 3.8) is 0 Å². The van der Waals surface area contributed by atoms with E-state index < -0.39 is 0 Å². The minimum atomic E-state index is 0. The predicted molar refractivity (Wildman–Crippen MR) is 54.0 cm³/mol. The van der Waals surface area contributed by atoms with Crippen molar-refractivity contribution in [3.05, 3.63) is 34.9 Å². The van der Waals surface area contributed by atoms with Crippen molar-refractivity contribution in [2.24, 2.45) is 5.73 Å². The average molecular weight is 204 g/mol. The van der Waals surface area contributed by atoms with E-state index in [1.807, 2.05) is 18.2 Å². The lowest BCUT2D eigenvalue weighted by Crippen LogP contribution is -2.00. The Hall–Kier alpha value is -0.240. The fraction of sp³-hybridized carbons (Fsp3) is 0.333. The van der Waals surface area contributed by atoms with Gasteiger partial charge in [-0.25, -0.2) is 0 Å². The third-order valence-corrected chi connectivity index (χ3v) is 2.35. The molecule has 1 aliphatic rings. The Balaban J connectivity index is 0.000000720. The lowest BCUT2D eigenvalue weighted by molar-refractivity contribution is 0.991. The quantitative estimate of drug-likeness (QED) is 0.747. The normalized spacial score (nSPS) is 26.2. The Labute approximate surface area is 83.3 Å². The average Bonchev–Trinajstić information content (AvgIpc) is 2.67. The Bertz CT molecular complexity index is 275. The van der Waals surface area contributed by atoms with E-state index in [9.17, 15) is 0 Å². The fourth-order valence-electron chi connectivity index (χ4n) is 1.34. The maximum absolute atomic E-state index is 5.82. The monoisotopic (exact) mass is 203 g/mol. The standard InChI is InChI=1S/C9H10ClN.ClH/c10-7-3-1-2-6(4-7)8-5-9(8)11;/h1-4,8-9H,5,11H2;1H/t8-,9+;/m1./s1. The Kier molecular flexibility index (Phi) is 2.99. The van der Waals surface area contributed by atoms with Gasteiger partial charge in [0, 0.05) is 17.0 Å². The molecule has 0 spiro atoms. The molecule has 12 heavy (non-hydrogen) atoms. The molecule has 0 unspecified atom stereocenters. The molecule has 1 saturated carbocycles. The maximum Gasteiger partial charge on any atom is 0.0408 e. The van der Waals surface area contributed by atoms with Gasteiger partial charge in [-0.15, -0.1) is 12.4 Å². The van der Waals surface area contributed by atoms with Crippen molar-refractivity contribution in [1.82, 2.24) is 0 Å². The van der Waals surface area contributed by atoms with E-state index in [0.29, 0.717) is 12.0 Å². The number of hydrogen-bond acceptors (Lipinski definition) is 1. The molecule has 0 heterocycles. The van der Waals surface area contributed by atoms with Gasteiger partial charge in [0.2, 0.25) is 0 Å². The molecule has 1 fully saturated rings. The van der Waals surface area contributed by atoms with Gasteiger partial charge < -0.3 is 5.73 Å². The SMILES string of the molecule is Cl.N[C@H]1C[C@@H]1c1cccc(Cl)c1. The van der Waals surface area contributed by atoms with E-state index in [2.05, 4.69) is 6.07 Å². The summed E-state index contributed by atoms with van der Waals surface area (Å²) in [5.74, 6) is 0.564. The molecule has 0 aromatic heterocycles. The molecular formula is C9H11Cl2N. The van der Waals surface area contributed by atoms with Crippen LogP contribution in [0.2, 0.25) is 5.02 Å². The first kappa shape index (κ1) is 9.85. The number of halogens is 2. The maximum atomic E-state index is 5.82. The molecule has 1 aromatic carbocycles. The van der Waals surface area contributed by atoms with Gasteiger partial charge in [0.25, 0.3) is 0 Å². The van der Waals surface area contributed by atoms with Crippen LogP contribution in [0.3, 0.4) is 0 Å². The van der Waals surface area contributed by atoms with E-state index >= 15 is 0 Å². The van der Waals surface area contributed by atoms with Crippen LogP contribution in [-0.4, -0.2) is 6.04 Å². The molecule has 0 radical (unpaired) electrons. The van der Waals surface area contributed by atoms with Crippen molar-refractivity contribution >= 4 is 24.0 Å². The van der Waals surface area contributed by atoms with Crippen LogP contribution in [0, 0.1) is 0 Å². The second kappa shape index (κ2) is 3.65. The van der Waals surface area contributed by atoms with Crippen molar-refractivity contribution in [3.8, 4) is 0 Å². The third-order valence-electron chi connectivity index (χ3n) is 2.12. The highest BCUT2D eigenvalue weighted by atomic mass is 35.5. The predicted octanol–water partition coefficient (Wildman–Crippen LogP) is 2.58.